The van der Waals surface area contributed by atoms with Gasteiger partial charge in [0.25, 0.3) is 0 Å². The van der Waals surface area contributed by atoms with E-state index in [-0.39, 0.29) is 30.3 Å². The first-order valence-electron chi connectivity index (χ1n) is 9.14. The number of ketones is 1. The topological polar surface area (TPSA) is 120 Å². The molecule has 2 atom stereocenters. The maximum Gasteiger partial charge on any atom is 0.347 e. The Morgan fingerprint density at radius 1 is 1.14 bits per heavy atom. The van der Waals surface area contributed by atoms with Gasteiger partial charge in [-0.1, -0.05) is 0 Å². The number of carbonyl (C=O) groups excluding carboxylic acids is 4. The maximum absolute atomic E-state index is 12.3. The lowest BCUT2D eigenvalue weighted by Crippen LogP contribution is -2.50. The number of nitrogens with one attached hydrogen (secondary N) is 2. The van der Waals surface area contributed by atoms with Crippen molar-refractivity contribution in [2.24, 2.45) is 0 Å². The Kier molecular flexibility index (Phi) is 7.35. The molecule has 0 saturated heterocycles. The van der Waals surface area contributed by atoms with Gasteiger partial charge in [0.05, 0.1) is 23.9 Å². The second-order valence-electron chi connectivity index (χ2n) is 6.38. The molecule has 0 aromatic heterocycles. The SMILES string of the molecule is CCOC(=O)C1=C(COC(=O)[C@@H](C)Oc2ccc(C(C)=O)cc2)NC(=O)N[C@@H]1C. The van der Waals surface area contributed by atoms with E-state index in [4.69, 9.17) is 14.2 Å². The van der Waals surface area contributed by atoms with Crippen LogP contribution in [0.15, 0.2) is 35.5 Å². The van der Waals surface area contributed by atoms with Crippen LogP contribution in [-0.2, 0) is 19.1 Å². The highest BCUT2D eigenvalue weighted by Crippen LogP contribution is 2.17. The van der Waals surface area contributed by atoms with E-state index in [0.717, 1.165) is 0 Å². The second kappa shape index (κ2) is 9.72. The summed E-state index contributed by atoms with van der Waals surface area (Å²) in [5, 5.41) is 5.03. The van der Waals surface area contributed by atoms with E-state index in [0.29, 0.717) is 11.3 Å². The minimum Gasteiger partial charge on any atom is -0.479 e. The Labute approximate surface area is 168 Å². The maximum atomic E-state index is 12.3. The van der Waals surface area contributed by atoms with E-state index < -0.39 is 30.1 Å². The smallest absolute Gasteiger partial charge is 0.347 e. The standard InChI is InChI=1S/C20H24N2O7/c1-5-27-19(25)17-11(2)21-20(26)22-16(17)10-28-18(24)13(4)29-15-8-6-14(7-9-15)12(3)23/h6-9,11,13H,5,10H2,1-4H3,(H2,21,22,26)/t11-,13-/m1/s1. The molecule has 0 fully saturated rings. The van der Waals surface area contributed by atoms with Crippen molar-refractivity contribution in [3.8, 4) is 5.75 Å². The summed E-state index contributed by atoms with van der Waals surface area (Å²) in [7, 11) is 0. The van der Waals surface area contributed by atoms with Crippen molar-refractivity contribution in [2.45, 2.75) is 39.8 Å². The zero-order valence-corrected chi connectivity index (χ0v) is 16.7. The molecule has 0 aliphatic carbocycles. The van der Waals surface area contributed by atoms with Crippen LogP contribution < -0.4 is 15.4 Å². The lowest BCUT2D eigenvalue weighted by molar-refractivity contribution is -0.150. The minimum atomic E-state index is -0.945. The number of rotatable bonds is 8. The highest BCUT2D eigenvalue weighted by atomic mass is 16.6. The third-order valence-electron chi connectivity index (χ3n) is 4.13. The molecule has 29 heavy (non-hydrogen) atoms. The summed E-state index contributed by atoms with van der Waals surface area (Å²) in [6, 6.07) is 5.25. The molecule has 156 valence electrons. The van der Waals surface area contributed by atoms with E-state index in [2.05, 4.69) is 10.6 Å². The van der Waals surface area contributed by atoms with E-state index >= 15 is 0 Å². The summed E-state index contributed by atoms with van der Waals surface area (Å²) in [5.74, 6) is -0.965. The van der Waals surface area contributed by atoms with Crippen molar-refractivity contribution < 1.29 is 33.4 Å². The monoisotopic (exact) mass is 404 g/mol. The van der Waals surface area contributed by atoms with Gasteiger partial charge in [-0.3, -0.25) is 4.79 Å². The average Bonchev–Trinajstić information content (AvgIpc) is 2.66. The first kappa shape index (κ1) is 21.9. The fourth-order valence-electron chi connectivity index (χ4n) is 2.67. The van der Waals surface area contributed by atoms with Crippen molar-refractivity contribution in [1.82, 2.24) is 10.6 Å². The summed E-state index contributed by atoms with van der Waals surface area (Å²) in [6.45, 7) is 6.11. The molecular weight excluding hydrogens is 380 g/mol. The van der Waals surface area contributed by atoms with Crippen LogP contribution in [0, 0.1) is 0 Å². The zero-order chi connectivity index (χ0) is 21.6. The number of esters is 2. The Balaban J connectivity index is 2.02. The van der Waals surface area contributed by atoms with Crippen LogP contribution in [0.1, 0.15) is 38.1 Å². The number of urea groups is 1. The number of benzene rings is 1. The fraction of sp³-hybridized carbons (Fsp3) is 0.400. The van der Waals surface area contributed by atoms with Gasteiger partial charge in [-0.15, -0.1) is 0 Å². The van der Waals surface area contributed by atoms with Crippen LogP contribution in [0.25, 0.3) is 0 Å². The Bertz CT molecular complexity index is 830. The summed E-state index contributed by atoms with van der Waals surface area (Å²) in [5.41, 5.74) is 0.875. The van der Waals surface area contributed by atoms with Crippen LogP contribution in [0.4, 0.5) is 4.79 Å². The molecular formula is C20H24N2O7. The van der Waals surface area contributed by atoms with Crippen LogP contribution in [0.2, 0.25) is 0 Å². The van der Waals surface area contributed by atoms with Crippen molar-refractivity contribution >= 4 is 23.8 Å². The van der Waals surface area contributed by atoms with E-state index in [1.54, 1.807) is 38.1 Å². The molecule has 1 aromatic carbocycles. The van der Waals surface area contributed by atoms with Gasteiger partial charge in [-0.25, -0.2) is 14.4 Å². The Hall–Kier alpha value is -3.36. The van der Waals surface area contributed by atoms with Gasteiger partial charge in [0.15, 0.2) is 11.9 Å². The van der Waals surface area contributed by atoms with Crippen molar-refractivity contribution in [1.29, 1.82) is 0 Å². The third kappa shape index (κ3) is 5.81. The van der Waals surface area contributed by atoms with Gasteiger partial charge >= 0.3 is 18.0 Å². The third-order valence-corrected chi connectivity index (χ3v) is 4.13. The van der Waals surface area contributed by atoms with Gasteiger partial charge in [-0.2, -0.15) is 0 Å². The molecule has 9 heteroatoms. The van der Waals surface area contributed by atoms with Crippen LogP contribution in [0.3, 0.4) is 0 Å². The van der Waals surface area contributed by atoms with Crippen molar-refractivity contribution in [3.63, 3.8) is 0 Å². The molecule has 0 radical (unpaired) electrons. The van der Waals surface area contributed by atoms with Crippen molar-refractivity contribution in [2.75, 3.05) is 13.2 Å². The number of hydrogen-bond acceptors (Lipinski definition) is 7. The molecule has 1 heterocycles. The highest BCUT2D eigenvalue weighted by molar-refractivity contribution is 5.95. The molecule has 1 aliphatic rings. The lowest BCUT2D eigenvalue weighted by Gasteiger charge is -2.26. The summed E-state index contributed by atoms with van der Waals surface area (Å²) >= 11 is 0. The number of hydrogen-bond donors (Lipinski definition) is 2. The summed E-state index contributed by atoms with van der Waals surface area (Å²) in [4.78, 5) is 47.4. The summed E-state index contributed by atoms with van der Waals surface area (Å²) < 4.78 is 15.7. The zero-order valence-electron chi connectivity index (χ0n) is 16.7. The normalized spacial score (nSPS) is 17.0. The average molecular weight is 404 g/mol. The van der Waals surface area contributed by atoms with Crippen molar-refractivity contribution in [3.05, 3.63) is 41.1 Å². The predicted octanol–water partition coefficient (Wildman–Crippen LogP) is 1.72. The molecule has 0 spiro atoms. The molecule has 2 N–H and O–H groups in total. The molecule has 0 saturated carbocycles. The molecule has 2 rings (SSSR count). The van der Waals surface area contributed by atoms with Crippen LogP contribution in [0.5, 0.6) is 5.75 Å². The second-order valence-corrected chi connectivity index (χ2v) is 6.38. The first-order chi connectivity index (χ1) is 13.7. The largest absolute Gasteiger partial charge is 0.479 e. The molecule has 1 aliphatic heterocycles. The highest BCUT2D eigenvalue weighted by Gasteiger charge is 2.30. The number of ether oxygens (including phenoxy) is 3. The quantitative estimate of drug-likeness (QED) is 0.500. The van der Waals surface area contributed by atoms with Gasteiger partial charge in [0, 0.05) is 5.56 Å². The van der Waals surface area contributed by atoms with E-state index in [1.807, 2.05) is 0 Å². The molecule has 1 aromatic rings. The predicted molar refractivity (Wildman–Crippen MR) is 102 cm³/mol. The molecule has 9 nitrogen and oxygen atoms in total. The number of amides is 2. The molecule has 0 bridgehead atoms. The van der Waals surface area contributed by atoms with E-state index in [9.17, 15) is 19.2 Å². The minimum absolute atomic E-state index is 0.0760. The molecule has 2 amide bonds. The number of carbonyl (C=O) groups is 4. The first-order valence-corrected chi connectivity index (χ1v) is 9.14. The van der Waals surface area contributed by atoms with E-state index in [1.165, 1.54) is 13.8 Å². The van der Waals surface area contributed by atoms with Crippen LogP contribution in [-0.4, -0.2) is 49.1 Å². The van der Waals surface area contributed by atoms with Gasteiger partial charge < -0.3 is 24.8 Å². The van der Waals surface area contributed by atoms with Crippen LogP contribution >= 0.6 is 0 Å². The number of Topliss-reactive ketones (excluding diaryl/α,β-unsaturated/α-hetero) is 1. The van der Waals surface area contributed by atoms with Gasteiger partial charge in [-0.05, 0) is 52.0 Å². The summed E-state index contributed by atoms with van der Waals surface area (Å²) in [6.07, 6.45) is -0.945. The Morgan fingerprint density at radius 3 is 2.38 bits per heavy atom. The fourth-order valence-corrected chi connectivity index (χ4v) is 2.67. The molecule has 0 unspecified atom stereocenters. The Morgan fingerprint density at radius 2 is 1.79 bits per heavy atom. The lowest BCUT2D eigenvalue weighted by atomic mass is 10.0. The van der Waals surface area contributed by atoms with Gasteiger partial charge in [0.2, 0.25) is 0 Å². The van der Waals surface area contributed by atoms with Gasteiger partial charge in [0.1, 0.15) is 12.4 Å².